The fourth-order valence-corrected chi connectivity index (χ4v) is 8.01. The third-order valence-electron chi connectivity index (χ3n) is 8.61. The molecular formula is C20H32OS. The van der Waals surface area contributed by atoms with Crippen molar-refractivity contribution < 1.29 is 4.79 Å². The predicted octanol–water partition coefficient (Wildman–Crippen LogP) is 5.64. The van der Waals surface area contributed by atoms with Crippen LogP contribution in [0.4, 0.5) is 0 Å². The Labute approximate surface area is 141 Å². The van der Waals surface area contributed by atoms with Gasteiger partial charge in [-0.05, 0) is 85.9 Å². The van der Waals surface area contributed by atoms with Crippen LogP contribution in [-0.4, -0.2) is 5.12 Å². The summed E-state index contributed by atoms with van der Waals surface area (Å²) >= 11 is 4.16. The van der Waals surface area contributed by atoms with Gasteiger partial charge in [-0.3, -0.25) is 4.79 Å². The van der Waals surface area contributed by atoms with Crippen LogP contribution in [0.1, 0.15) is 84.0 Å². The van der Waals surface area contributed by atoms with Crippen LogP contribution >= 0.6 is 12.6 Å². The summed E-state index contributed by atoms with van der Waals surface area (Å²) in [6.45, 7) is 2.64. The van der Waals surface area contributed by atoms with Gasteiger partial charge in [0.2, 0.25) is 0 Å². The third-order valence-corrected chi connectivity index (χ3v) is 8.77. The second kappa shape index (κ2) is 5.53. The van der Waals surface area contributed by atoms with E-state index in [1.165, 1.54) is 70.6 Å². The molecule has 4 rings (SSSR count). The van der Waals surface area contributed by atoms with Gasteiger partial charge in [-0.15, -0.1) is 12.6 Å². The Balaban J connectivity index is 1.62. The van der Waals surface area contributed by atoms with Crippen LogP contribution < -0.4 is 0 Å². The molecule has 0 radical (unpaired) electrons. The lowest BCUT2D eigenvalue weighted by atomic mass is 9.45. The van der Waals surface area contributed by atoms with Crippen LogP contribution in [0.25, 0.3) is 0 Å². The monoisotopic (exact) mass is 320 g/mol. The molecule has 0 bridgehead atoms. The molecule has 0 saturated heterocycles. The first kappa shape index (κ1) is 15.5. The van der Waals surface area contributed by atoms with Gasteiger partial charge in [0.05, 0.1) is 0 Å². The van der Waals surface area contributed by atoms with E-state index in [2.05, 4.69) is 19.6 Å². The van der Waals surface area contributed by atoms with Gasteiger partial charge < -0.3 is 0 Å². The van der Waals surface area contributed by atoms with E-state index in [0.29, 0.717) is 10.8 Å². The summed E-state index contributed by atoms with van der Waals surface area (Å²) in [4.78, 5) is 11.8. The molecule has 0 aromatic rings. The van der Waals surface area contributed by atoms with Gasteiger partial charge >= 0.3 is 0 Å². The quantitative estimate of drug-likeness (QED) is 0.652. The molecule has 0 heterocycles. The first-order valence-electron chi connectivity index (χ1n) is 9.77. The first-order valence-corrected chi connectivity index (χ1v) is 10.2. The first-order chi connectivity index (χ1) is 10.6. The zero-order valence-corrected chi connectivity index (χ0v) is 15.0. The molecule has 6 atom stereocenters. The zero-order chi connectivity index (χ0) is 15.4. The maximum atomic E-state index is 11.8. The number of fused-ring (bicyclic) bond motifs is 5. The van der Waals surface area contributed by atoms with Crippen molar-refractivity contribution >= 4 is 17.7 Å². The SMILES string of the molecule is C[C@]12CCCCC1CC[C@H]1[C@@H]3CCC[C@@]3(CC(=O)S)CC[C@@H]12. The van der Waals surface area contributed by atoms with Gasteiger partial charge in [0, 0.05) is 6.42 Å². The minimum Gasteiger partial charge on any atom is -0.287 e. The van der Waals surface area contributed by atoms with E-state index in [-0.39, 0.29) is 5.12 Å². The van der Waals surface area contributed by atoms with Crippen molar-refractivity contribution in [1.82, 2.24) is 0 Å². The van der Waals surface area contributed by atoms with Crippen LogP contribution in [0.3, 0.4) is 0 Å². The minimum absolute atomic E-state index is 0.142. The smallest absolute Gasteiger partial charge is 0.186 e. The van der Waals surface area contributed by atoms with Crippen molar-refractivity contribution in [2.24, 2.45) is 34.5 Å². The summed E-state index contributed by atoms with van der Waals surface area (Å²) in [5.41, 5.74) is 0.971. The molecule has 0 aliphatic heterocycles. The number of carbonyl (C=O) groups excluding carboxylic acids is 1. The normalized spacial score (nSPS) is 50.8. The summed E-state index contributed by atoms with van der Waals surface area (Å²) < 4.78 is 0. The molecule has 4 aliphatic rings. The van der Waals surface area contributed by atoms with Crippen LogP contribution in [0.2, 0.25) is 0 Å². The Hall–Kier alpha value is 0.0200. The van der Waals surface area contributed by atoms with Crippen molar-refractivity contribution in [2.75, 3.05) is 0 Å². The van der Waals surface area contributed by atoms with Crippen molar-refractivity contribution in [2.45, 2.75) is 84.0 Å². The van der Waals surface area contributed by atoms with Crippen molar-refractivity contribution in [3.8, 4) is 0 Å². The Morgan fingerprint density at radius 1 is 0.955 bits per heavy atom. The number of hydrogen-bond acceptors (Lipinski definition) is 1. The van der Waals surface area contributed by atoms with Crippen molar-refractivity contribution in [1.29, 1.82) is 0 Å². The van der Waals surface area contributed by atoms with E-state index in [9.17, 15) is 4.79 Å². The minimum atomic E-state index is 0.142. The second-order valence-corrected chi connectivity index (χ2v) is 9.77. The van der Waals surface area contributed by atoms with Crippen LogP contribution in [0, 0.1) is 34.5 Å². The van der Waals surface area contributed by atoms with E-state index < -0.39 is 0 Å². The number of hydrogen-bond donors (Lipinski definition) is 1. The standard InChI is InChI=1S/C20H32OS/c1-19-10-3-2-5-14(19)7-8-15-16(19)9-12-20(13-18(21)22)11-4-6-17(15)20/h14-17H,2-13H2,1H3,(H,21,22)/t14?,15-,16+,17+,19+,20+/m1/s1. The largest absolute Gasteiger partial charge is 0.287 e. The number of thiol groups is 1. The van der Waals surface area contributed by atoms with Crippen molar-refractivity contribution in [3.63, 3.8) is 0 Å². The molecule has 1 nitrogen and oxygen atoms in total. The molecule has 0 aromatic carbocycles. The van der Waals surface area contributed by atoms with E-state index in [4.69, 9.17) is 0 Å². The van der Waals surface area contributed by atoms with Crippen LogP contribution in [-0.2, 0) is 4.79 Å². The van der Waals surface area contributed by atoms with Crippen LogP contribution in [0.15, 0.2) is 0 Å². The second-order valence-electron chi connectivity index (χ2n) is 9.27. The Kier molecular flexibility index (Phi) is 3.91. The summed E-state index contributed by atoms with van der Waals surface area (Å²) in [5, 5.41) is 0.142. The lowest BCUT2D eigenvalue weighted by Gasteiger charge is -2.60. The summed E-state index contributed by atoms with van der Waals surface area (Å²) in [6, 6.07) is 0. The predicted molar refractivity (Wildman–Crippen MR) is 93.9 cm³/mol. The molecule has 0 N–H and O–H groups in total. The average Bonchev–Trinajstić information content (AvgIpc) is 2.89. The van der Waals surface area contributed by atoms with Gasteiger partial charge in [-0.25, -0.2) is 0 Å². The van der Waals surface area contributed by atoms with Gasteiger partial charge in [-0.2, -0.15) is 0 Å². The molecule has 0 aromatic heterocycles. The fourth-order valence-electron chi connectivity index (χ4n) is 7.70. The van der Waals surface area contributed by atoms with Crippen LogP contribution in [0.5, 0.6) is 0 Å². The maximum absolute atomic E-state index is 11.8. The molecule has 0 spiro atoms. The molecule has 1 unspecified atom stereocenters. The fraction of sp³-hybridized carbons (Fsp3) is 0.950. The maximum Gasteiger partial charge on any atom is 0.186 e. The highest BCUT2D eigenvalue weighted by atomic mass is 32.1. The molecule has 124 valence electrons. The Bertz CT molecular complexity index is 461. The lowest BCUT2D eigenvalue weighted by Crippen LogP contribution is -2.52. The van der Waals surface area contributed by atoms with Gasteiger partial charge in [0.1, 0.15) is 0 Å². The topological polar surface area (TPSA) is 17.1 Å². The number of rotatable bonds is 2. The third kappa shape index (κ3) is 2.23. The highest BCUT2D eigenvalue weighted by Gasteiger charge is 2.58. The van der Waals surface area contributed by atoms with E-state index in [0.717, 1.165) is 30.1 Å². The van der Waals surface area contributed by atoms with Gasteiger partial charge in [-0.1, -0.05) is 26.2 Å². The summed E-state index contributed by atoms with van der Waals surface area (Å²) in [6.07, 6.45) is 16.3. The molecule has 4 saturated carbocycles. The van der Waals surface area contributed by atoms with Gasteiger partial charge in [0.15, 0.2) is 5.12 Å². The highest BCUT2D eigenvalue weighted by Crippen LogP contribution is 2.67. The lowest BCUT2D eigenvalue weighted by molar-refractivity contribution is -0.124. The number of carbonyl (C=O) groups is 1. The highest BCUT2D eigenvalue weighted by molar-refractivity contribution is 7.96. The molecule has 2 heteroatoms. The Morgan fingerprint density at radius 2 is 1.82 bits per heavy atom. The molecule has 22 heavy (non-hydrogen) atoms. The summed E-state index contributed by atoms with van der Waals surface area (Å²) in [5.74, 6) is 3.71. The van der Waals surface area contributed by atoms with E-state index in [1.54, 1.807) is 0 Å². The van der Waals surface area contributed by atoms with Crippen molar-refractivity contribution in [3.05, 3.63) is 0 Å². The van der Waals surface area contributed by atoms with Gasteiger partial charge in [0.25, 0.3) is 0 Å². The van der Waals surface area contributed by atoms with E-state index >= 15 is 0 Å². The van der Waals surface area contributed by atoms with E-state index in [1.807, 2.05) is 0 Å². The molecule has 4 aliphatic carbocycles. The Morgan fingerprint density at radius 3 is 2.64 bits per heavy atom. The molecular weight excluding hydrogens is 288 g/mol. The molecule has 0 amide bonds. The zero-order valence-electron chi connectivity index (χ0n) is 14.2. The average molecular weight is 321 g/mol. The summed E-state index contributed by atoms with van der Waals surface area (Å²) in [7, 11) is 0. The molecule has 4 fully saturated rings.